The predicted octanol–water partition coefficient (Wildman–Crippen LogP) is 21.5. The van der Waals surface area contributed by atoms with Crippen LogP contribution in [-0.2, 0) is 32.7 Å². The number of phosphoric acid groups is 1. The number of carbonyl (C=O) groups is 2. The Morgan fingerprint density at radius 3 is 1.04 bits per heavy atom. The number of phosphoric ester groups is 1. The van der Waals surface area contributed by atoms with Crippen LogP contribution in [0.5, 0.6) is 0 Å². The molecule has 82 heavy (non-hydrogen) atoms. The van der Waals surface area contributed by atoms with Crippen molar-refractivity contribution >= 4 is 19.8 Å². The molecule has 0 aliphatic rings. The lowest BCUT2D eigenvalue weighted by molar-refractivity contribution is -0.870. The Balaban J connectivity index is 4.08. The van der Waals surface area contributed by atoms with E-state index in [1.54, 1.807) is 0 Å². The van der Waals surface area contributed by atoms with Gasteiger partial charge in [0.25, 0.3) is 7.82 Å². The van der Waals surface area contributed by atoms with Crippen molar-refractivity contribution in [3.05, 3.63) is 85.1 Å². The summed E-state index contributed by atoms with van der Waals surface area (Å²) in [7, 11) is 1.16. The van der Waals surface area contributed by atoms with Gasteiger partial charge in [0.1, 0.15) is 19.8 Å². The molecule has 0 aliphatic heterocycles. The zero-order chi connectivity index (χ0) is 59.8. The molecule has 0 bridgehead atoms. The number of unbranched alkanes of at least 4 members (excludes halogenated alkanes) is 35. The summed E-state index contributed by atoms with van der Waals surface area (Å²) in [6.07, 6.45) is 85.1. The van der Waals surface area contributed by atoms with Gasteiger partial charge in [0, 0.05) is 12.8 Å². The molecule has 0 aromatic heterocycles. The van der Waals surface area contributed by atoms with Crippen LogP contribution >= 0.6 is 7.82 Å². The molecule has 0 aromatic carbocycles. The second-order valence-corrected chi connectivity index (χ2v) is 25.6. The molecule has 10 heteroatoms. The van der Waals surface area contributed by atoms with Gasteiger partial charge in [0.05, 0.1) is 27.7 Å². The molecule has 0 radical (unpaired) electrons. The molecule has 0 fully saturated rings. The summed E-state index contributed by atoms with van der Waals surface area (Å²) >= 11 is 0. The summed E-state index contributed by atoms with van der Waals surface area (Å²) in [5.41, 5.74) is 0. The topological polar surface area (TPSA) is 111 Å². The fourth-order valence-electron chi connectivity index (χ4n) is 9.70. The minimum absolute atomic E-state index is 0.0339. The van der Waals surface area contributed by atoms with E-state index in [-0.39, 0.29) is 32.0 Å². The monoisotopic (exact) mass is 1170 g/mol. The van der Waals surface area contributed by atoms with Crippen molar-refractivity contribution < 1.29 is 42.1 Å². The predicted molar refractivity (Wildman–Crippen MR) is 351 cm³/mol. The Hall–Kier alpha value is -2.81. The van der Waals surface area contributed by atoms with Gasteiger partial charge in [-0.15, -0.1) is 0 Å². The second kappa shape index (κ2) is 62.7. The molecular formula is C72H130NO8P. The van der Waals surface area contributed by atoms with E-state index < -0.39 is 26.5 Å². The van der Waals surface area contributed by atoms with Gasteiger partial charge in [0.2, 0.25) is 0 Å². The summed E-state index contributed by atoms with van der Waals surface area (Å²) in [5, 5.41) is 0. The number of ether oxygens (including phenoxy) is 2. The number of rotatable bonds is 63. The maximum absolute atomic E-state index is 12.9. The first-order valence-electron chi connectivity index (χ1n) is 34.3. The standard InChI is InChI=1S/C72H130NO8P/c1-6-8-10-12-14-16-18-20-22-24-26-28-30-32-34-35-36-37-39-41-43-45-47-49-51-53-55-57-59-61-63-65-72(75)81-70(69-80-82(76,77)79-67-66-73(3,4)5)68-78-71(74)64-62-60-58-56-54-52-50-48-46-44-42-40-38-33-31-29-27-25-23-21-19-17-15-13-11-9-7-2/h8,10,14,16,20,22,26,28,32,34,36-37,41,43,70H,6-7,9,11-13,15,17-19,21,23-25,27,29-31,33,35,38-40,42,44-69H2,1-5H3/b10-8-,16-14-,22-20-,28-26-,34-32-,37-36-,43-41-. The van der Waals surface area contributed by atoms with Gasteiger partial charge in [-0.3, -0.25) is 14.2 Å². The van der Waals surface area contributed by atoms with Gasteiger partial charge in [0.15, 0.2) is 6.10 Å². The molecule has 0 N–H and O–H groups in total. The third-order valence-corrected chi connectivity index (χ3v) is 15.9. The van der Waals surface area contributed by atoms with Crippen LogP contribution in [0.4, 0.5) is 0 Å². The summed E-state index contributed by atoms with van der Waals surface area (Å²) in [5.74, 6) is -0.831. The average Bonchev–Trinajstić information content (AvgIpc) is 3.46. The lowest BCUT2D eigenvalue weighted by Crippen LogP contribution is -2.37. The van der Waals surface area contributed by atoms with Crippen LogP contribution in [0.2, 0.25) is 0 Å². The van der Waals surface area contributed by atoms with Gasteiger partial charge in [-0.1, -0.05) is 311 Å². The van der Waals surface area contributed by atoms with Gasteiger partial charge in [-0.2, -0.15) is 0 Å². The zero-order valence-electron chi connectivity index (χ0n) is 54.2. The van der Waals surface area contributed by atoms with Crippen molar-refractivity contribution in [2.75, 3.05) is 47.5 Å². The maximum Gasteiger partial charge on any atom is 0.306 e. The highest BCUT2D eigenvalue weighted by atomic mass is 31.2. The first-order chi connectivity index (χ1) is 40.0. The number of nitrogens with zero attached hydrogens (tertiary/aromatic N) is 1. The number of carbonyl (C=O) groups excluding carboxylic acids is 2. The van der Waals surface area contributed by atoms with Crippen LogP contribution in [-0.4, -0.2) is 70.0 Å². The van der Waals surface area contributed by atoms with Crippen molar-refractivity contribution in [3.8, 4) is 0 Å². The van der Waals surface area contributed by atoms with Crippen LogP contribution in [0.1, 0.15) is 309 Å². The first kappa shape index (κ1) is 79.2. The highest BCUT2D eigenvalue weighted by Crippen LogP contribution is 2.38. The minimum Gasteiger partial charge on any atom is -0.756 e. The lowest BCUT2D eigenvalue weighted by atomic mass is 10.0. The fourth-order valence-corrected chi connectivity index (χ4v) is 10.4. The Morgan fingerprint density at radius 1 is 0.390 bits per heavy atom. The third-order valence-electron chi connectivity index (χ3n) is 14.9. The van der Waals surface area contributed by atoms with Gasteiger partial charge >= 0.3 is 11.9 Å². The number of likely N-dealkylation sites (N-methyl/N-ethyl adjacent to an activating group) is 1. The van der Waals surface area contributed by atoms with Crippen LogP contribution < -0.4 is 4.89 Å². The van der Waals surface area contributed by atoms with Gasteiger partial charge < -0.3 is 27.9 Å². The summed E-state index contributed by atoms with van der Waals surface area (Å²) < 4.78 is 34.3. The fraction of sp³-hybridized carbons (Fsp3) is 0.778. The Kier molecular flexibility index (Phi) is 60.6. The van der Waals surface area contributed by atoms with Crippen molar-refractivity contribution in [1.29, 1.82) is 0 Å². The Morgan fingerprint density at radius 2 is 0.695 bits per heavy atom. The van der Waals surface area contributed by atoms with E-state index in [0.29, 0.717) is 17.4 Å². The number of hydrogen-bond acceptors (Lipinski definition) is 8. The zero-order valence-corrected chi connectivity index (χ0v) is 55.1. The molecule has 0 saturated heterocycles. The van der Waals surface area contributed by atoms with E-state index >= 15 is 0 Å². The molecular weight excluding hydrogens is 1040 g/mol. The molecule has 9 nitrogen and oxygen atoms in total. The molecule has 0 saturated carbocycles. The molecule has 476 valence electrons. The Bertz CT molecular complexity index is 1660. The van der Waals surface area contributed by atoms with E-state index in [0.717, 1.165) is 89.9 Å². The molecule has 0 aliphatic carbocycles. The minimum atomic E-state index is -4.65. The van der Waals surface area contributed by atoms with Crippen LogP contribution in [0.25, 0.3) is 0 Å². The third kappa shape index (κ3) is 66.3. The highest BCUT2D eigenvalue weighted by Gasteiger charge is 2.22. The van der Waals surface area contributed by atoms with Crippen molar-refractivity contribution in [3.63, 3.8) is 0 Å². The maximum atomic E-state index is 12.9. The van der Waals surface area contributed by atoms with Crippen molar-refractivity contribution in [1.82, 2.24) is 0 Å². The first-order valence-corrected chi connectivity index (χ1v) is 35.8. The number of allylic oxidation sites excluding steroid dienone is 14. The van der Waals surface area contributed by atoms with E-state index in [1.807, 2.05) is 21.1 Å². The highest BCUT2D eigenvalue weighted by molar-refractivity contribution is 7.45. The van der Waals surface area contributed by atoms with E-state index in [2.05, 4.69) is 98.9 Å². The van der Waals surface area contributed by atoms with Crippen LogP contribution in [0.15, 0.2) is 85.1 Å². The molecule has 0 rings (SSSR count). The van der Waals surface area contributed by atoms with Crippen molar-refractivity contribution in [2.45, 2.75) is 315 Å². The van der Waals surface area contributed by atoms with E-state index in [4.69, 9.17) is 18.5 Å². The Labute approximate surface area is 507 Å². The largest absolute Gasteiger partial charge is 0.756 e. The molecule has 2 unspecified atom stereocenters. The molecule has 2 atom stereocenters. The van der Waals surface area contributed by atoms with Crippen molar-refractivity contribution in [2.24, 2.45) is 0 Å². The van der Waals surface area contributed by atoms with Crippen LogP contribution in [0, 0.1) is 0 Å². The molecule has 0 heterocycles. The summed E-state index contributed by atoms with van der Waals surface area (Å²) in [6.45, 7) is 4.16. The molecule has 0 amide bonds. The second-order valence-electron chi connectivity index (χ2n) is 24.2. The number of esters is 2. The van der Waals surface area contributed by atoms with Crippen LogP contribution in [0.3, 0.4) is 0 Å². The van der Waals surface area contributed by atoms with E-state index in [1.165, 1.54) is 186 Å². The van der Waals surface area contributed by atoms with Gasteiger partial charge in [-0.25, -0.2) is 0 Å². The summed E-state index contributed by atoms with van der Waals surface area (Å²) in [4.78, 5) is 38.0. The van der Waals surface area contributed by atoms with Gasteiger partial charge in [-0.05, 0) is 70.6 Å². The normalized spacial score (nSPS) is 13.7. The molecule has 0 spiro atoms. The number of hydrogen-bond donors (Lipinski definition) is 0. The SMILES string of the molecule is CC/C=C\C/C=C\C/C=C\C/C=C\C/C=C\C/C=C\C/C=C\CCCCCCCCCCCC(=O)OC(COC(=O)CCCCCCCCCCCCCCCCCCCCCCCCCCCCC)COP(=O)([O-])OCC[N+](C)(C)C. The number of quaternary nitrogens is 1. The summed E-state index contributed by atoms with van der Waals surface area (Å²) in [6, 6.07) is 0. The molecule has 0 aromatic rings. The average molecular weight is 1170 g/mol. The lowest BCUT2D eigenvalue weighted by Gasteiger charge is -2.28. The quantitative estimate of drug-likeness (QED) is 0.0195. The smallest absolute Gasteiger partial charge is 0.306 e. The van der Waals surface area contributed by atoms with E-state index in [9.17, 15) is 19.0 Å².